The molecule has 1 N–H and O–H groups in total. The minimum Gasteiger partial charge on any atom is -0.347 e. The summed E-state index contributed by atoms with van der Waals surface area (Å²) in [6.07, 6.45) is 4.72. The fourth-order valence-corrected chi connectivity index (χ4v) is 2.74. The predicted octanol–water partition coefficient (Wildman–Crippen LogP) is 4.23. The molecule has 0 saturated heterocycles. The Morgan fingerprint density at radius 3 is 2.55 bits per heavy atom. The molecule has 0 aliphatic carbocycles. The molecule has 1 heterocycles. The summed E-state index contributed by atoms with van der Waals surface area (Å²) >= 11 is 0. The van der Waals surface area contributed by atoms with Crippen LogP contribution in [0.15, 0.2) is 30.5 Å². The second-order valence-corrected chi connectivity index (χ2v) is 6.43. The van der Waals surface area contributed by atoms with Crippen LogP contribution in [-0.4, -0.2) is 17.2 Å². The van der Waals surface area contributed by atoms with E-state index in [1.165, 1.54) is 22.9 Å². The van der Waals surface area contributed by atoms with Crippen LogP contribution in [0.25, 0.3) is 10.9 Å². The van der Waals surface area contributed by atoms with Crippen molar-refractivity contribution in [3.05, 3.63) is 36.0 Å². The first-order valence-corrected chi connectivity index (χ1v) is 7.88. The van der Waals surface area contributed by atoms with E-state index in [4.69, 9.17) is 0 Å². The van der Waals surface area contributed by atoms with Gasteiger partial charge in [-0.2, -0.15) is 0 Å². The molecule has 0 radical (unpaired) electrons. The third kappa shape index (κ3) is 3.86. The molecule has 2 nitrogen and oxygen atoms in total. The average molecular weight is 272 g/mol. The van der Waals surface area contributed by atoms with Gasteiger partial charge in [0.15, 0.2) is 0 Å². The van der Waals surface area contributed by atoms with E-state index in [9.17, 15) is 0 Å². The SMILES string of the molecule is CC(C)Cn1cc(CCCNC(C)C)c2ccccc21. The Hall–Kier alpha value is -1.28. The van der Waals surface area contributed by atoms with E-state index < -0.39 is 0 Å². The Balaban J connectivity index is 2.12. The Morgan fingerprint density at radius 1 is 1.10 bits per heavy atom. The van der Waals surface area contributed by atoms with Gasteiger partial charge < -0.3 is 9.88 Å². The molecule has 0 fully saturated rings. The number of hydrogen-bond donors (Lipinski definition) is 1. The highest BCUT2D eigenvalue weighted by atomic mass is 15.0. The van der Waals surface area contributed by atoms with E-state index in [2.05, 4.69) is 68.0 Å². The number of benzene rings is 1. The summed E-state index contributed by atoms with van der Waals surface area (Å²) in [4.78, 5) is 0. The average Bonchev–Trinajstić information content (AvgIpc) is 2.73. The summed E-state index contributed by atoms with van der Waals surface area (Å²) in [6, 6.07) is 9.38. The van der Waals surface area contributed by atoms with Gasteiger partial charge in [-0.1, -0.05) is 45.9 Å². The third-order valence-electron chi connectivity index (χ3n) is 3.61. The smallest absolute Gasteiger partial charge is 0.0483 e. The summed E-state index contributed by atoms with van der Waals surface area (Å²) in [5.41, 5.74) is 2.87. The fraction of sp³-hybridized carbons (Fsp3) is 0.556. The van der Waals surface area contributed by atoms with Crippen molar-refractivity contribution < 1.29 is 0 Å². The van der Waals surface area contributed by atoms with Crippen molar-refractivity contribution in [1.29, 1.82) is 0 Å². The number of nitrogens with one attached hydrogen (secondary N) is 1. The second kappa shape index (κ2) is 6.94. The first-order valence-electron chi connectivity index (χ1n) is 7.88. The number of fused-ring (bicyclic) bond motifs is 1. The molecule has 0 amide bonds. The quantitative estimate of drug-likeness (QED) is 0.746. The van der Waals surface area contributed by atoms with Gasteiger partial charge in [-0.3, -0.25) is 0 Å². The maximum Gasteiger partial charge on any atom is 0.0483 e. The molecule has 0 aliphatic rings. The number of hydrogen-bond acceptors (Lipinski definition) is 1. The Bertz CT molecular complexity index is 537. The zero-order valence-corrected chi connectivity index (χ0v) is 13.3. The molecule has 0 bridgehead atoms. The van der Waals surface area contributed by atoms with Crippen molar-refractivity contribution in [2.45, 2.75) is 53.1 Å². The molecule has 0 spiro atoms. The summed E-state index contributed by atoms with van der Waals surface area (Å²) < 4.78 is 2.42. The standard InChI is InChI=1S/C18H28N2/c1-14(2)12-20-13-16(8-7-11-19-15(3)4)17-9-5-6-10-18(17)20/h5-6,9-10,13-15,19H,7-8,11-12H2,1-4H3. The molecule has 2 aromatic rings. The van der Waals surface area contributed by atoms with Crippen LogP contribution in [0.1, 0.15) is 39.7 Å². The molecule has 110 valence electrons. The van der Waals surface area contributed by atoms with Crippen molar-refractivity contribution in [3.8, 4) is 0 Å². The molecule has 0 aliphatic heterocycles. The highest BCUT2D eigenvalue weighted by Gasteiger charge is 2.08. The molecular weight excluding hydrogens is 244 g/mol. The third-order valence-corrected chi connectivity index (χ3v) is 3.61. The summed E-state index contributed by atoms with van der Waals surface area (Å²) in [5.74, 6) is 0.682. The lowest BCUT2D eigenvalue weighted by atomic mass is 10.1. The van der Waals surface area contributed by atoms with E-state index in [-0.39, 0.29) is 0 Å². The topological polar surface area (TPSA) is 17.0 Å². The van der Waals surface area contributed by atoms with Crippen LogP contribution in [0.3, 0.4) is 0 Å². The van der Waals surface area contributed by atoms with Crippen molar-refractivity contribution in [1.82, 2.24) is 9.88 Å². The molecular formula is C18H28N2. The van der Waals surface area contributed by atoms with Crippen LogP contribution in [-0.2, 0) is 13.0 Å². The van der Waals surface area contributed by atoms with Crippen molar-refractivity contribution in [2.24, 2.45) is 5.92 Å². The molecule has 1 aromatic heterocycles. The van der Waals surface area contributed by atoms with Gasteiger partial charge in [-0.05, 0) is 36.9 Å². The second-order valence-electron chi connectivity index (χ2n) is 6.43. The van der Waals surface area contributed by atoms with Crippen LogP contribution in [0, 0.1) is 5.92 Å². The van der Waals surface area contributed by atoms with Gasteiger partial charge in [0.2, 0.25) is 0 Å². The Kier molecular flexibility index (Phi) is 5.24. The van der Waals surface area contributed by atoms with E-state index in [1.807, 2.05) is 0 Å². The van der Waals surface area contributed by atoms with Gasteiger partial charge in [0.05, 0.1) is 0 Å². The zero-order chi connectivity index (χ0) is 14.5. The van der Waals surface area contributed by atoms with E-state index in [1.54, 1.807) is 0 Å². The van der Waals surface area contributed by atoms with Gasteiger partial charge in [-0.15, -0.1) is 0 Å². The number of para-hydroxylation sites is 1. The van der Waals surface area contributed by atoms with Crippen molar-refractivity contribution in [3.63, 3.8) is 0 Å². The van der Waals surface area contributed by atoms with Crippen molar-refractivity contribution >= 4 is 10.9 Å². The lowest BCUT2D eigenvalue weighted by Crippen LogP contribution is -2.23. The molecule has 2 heteroatoms. The highest BCUT2D eigenvalue weighted by molar-refractivity contribution is 5.83. The highest BCUT2D eigenvalue weighted by Crippen LogP contribution is 2.23. The summed E-state index contributed by atoms with van der Waals surface area (Å²) in [6.45, 7) is 11.2. The number of aryl methyl sites for hydroxylation is 1. The largest absolute Gasteiger partial charge is 0.347 e. The number of aromatic nitrogens is 1. The van der Waals surface area contributed by atoms with Crippen LogP contribution < -0.4 is 5.32 Å². The minimum atomic E-state index is 0.581. The fourth-order valence-electron chi connectivity index (χ4n) is 2.74. The van der Waals surface area contributed by atoms with Gasteiger partial charge >= 0.3 is 0 Å². The molecule has 0 saturated carbocycles. The van der Waals surface area contributed by atoms with Crippen LogP contribution in [0.2, 0.25) is 0 Å². The zero-order valence-electron chi connectivity index (χ0n) is 13.3. The minimum absolute atomic E-state index is 0.581. The van der Waals surface area contributed by atoms with Crippen LogP contribution >= 0.6 is 0 Å². The van der Waals surface area contributed by atoms with Gasteiger partial charge in [-0.25, -0.2) is 0 Å². The maximum atomic E-state index is 3.50. The lowest BCUT2D eigenvalue weighted by Gasteiger charge is -2.07. The first-order chi connectivity index (χ1) is 9.58. The number of rotatable bonds is 7. The van der Waals surface area contributed by atoms with Crippen LogP contribution in [0.4, 0.5) is 0 Å². The summed E-state index contributed by atoms with van der Waals surface area (Å²) in [7, 11) is 0. The van der Waals surface area contributed by atoms with E-state index >= 15 is 0 Å². The molecule has 0 atom stereocenters. The predicted molar refractivity (Wildman–Crippen MR) is 88.2 cm³/mol. The van der Waals surface area contributed by atoms with E-state index in [0.717, 1.165) is 19.5 Å². The maximum absolute atomic E-state index is 3.50. The van der Waals surface area contributed by atoms with Crippen LogP contribution in [0.5, 0.6) is 0 Å². The normalized spacial score (nSPS) is 11.9. The Labute approximate surface area is 123 Å². The van der Waals surface area contributed by atoms with Gasteiger partial charge in [0.1, 0.15) is 0 Å². The summed E-state index contributed by atoms with van der Waals surface area (Å²) in [5, 5.41) is 4.92. The molecule has 1 aromatic carbocycles. The van der Waals surface area contributed by atoms with E-state index in [0.29, 0.717) is 12.0 Å². The molecule has 20 heavy (non-hydrogen) atoms. The molecule has 2 rings (SSSR count). The van der Waals surface area contributed by atoms with Crippen molar-refractivity contribution in [2.75, 3.05) is 6.54 Å². The first kappa shape index (κ1) is 15.1. The Morgan fingerprint density at radius 2 is 1.85 bits per heavy atom. The number of nitrogens with zero attached hydrogens (tertiary/aromatic N) is 1. The van der Waals surface area contributed by atoms with Gasteiger partial charge in [0, 0.05) is 29.7 Å². The van der Waals surface area contributed by atoms with Gasteiger partial charge in [0.25, 0.3) is 0 Å². The molecule has 0 unspecified atom stereocenters. The monoisotopic (exact) mass is 272 g/mol. The lowest BCUT2D eigenvalue weighted by molar-refractivity contribution is 0.533.